The monoisotopic (exact) mass is 492 g/mol. The Bertz CT molecular complexity index is 1350. The average Bonchev–Trinajstić information content (AvgIpc) is 3.26. The van der Waals surface area contributed by atoms with E-state index >= 15 is 0 Å². The summed E-state index contributed by atoms with van der Waals surface area (Å²) in [7, 11) is 0. The zero-order valence-electron chi connectivity index (χ0n) is 15.8. The van der Waals surface area contributed by atoms with Crippen LogP contribution in [0.25, 0.3) is 10.2 Å². The van der Waals surface area contributed by atoms with E-state index in [2.05, 4.69) is 31.5 Å². The van der Waals surface area contributed by atoms with Gasteiger partial charge < -0.3 is 10.6 Å². The highest BCUT2D eigenvalue weighted by Crippen LogP contribution is 2.35. The van der Waals surface area contributed by atoms with Crippen LogP contribution in [0.4, 0.5) is 21.3 Å². The van der Waals surface area contributed by atoms with Crippen molar-refractivity contribution in [2.45, 2.75) is 0 Å². The van der Waals surface area contributed by atoms with Crippen molar-refractivity contribution in [2.24, 2.45) is 0 Å². The molecular weight excluding hydrogens is 480 g/mol. The summed E-state index contributed by atoms with van der Waals surface area (Å²) in [5.74, 6) is -0.766. The predicted molar refractivity (Wildman–Crippen MR) is 124 cm³/mol. The lowest BCUT2D eigenvalue weighted by molar-refractivity contribution is 0.0926. The third kappa shape index (κ3) is 3.58. The molecule has 1 aliphatic heterocycles. The van der Waals surface area contributed by atoms with Crippen LogP contribution in [0.2, 0.25) is 0 Å². The van der Waals surface area contributed by atoms with Gasteiger partial charge in [0.05, 0.1) is 21.3 Å². The van der Waals surface area contributed by atoms with Crippen LogP contribution in [0.15, 0.2) is 71.2 Å². The zero-order valence-corrected chi connectivity index (χ0v) is 18.2. The standard InChI is InChI=1S/C22H13BrN4O3S/c23-12-4-3-5-13(10-12)24-21(30)25-14-8-9-17-18(11-14)31-22(26-17)27-19(28)15-6-1-2-7-16(15)20(27)29/h1-11H,(H2,24,25,30). The van der Waals surface area contributed by atoms with Crippen LogP contribution in [-0.4, -0.2) is 22.8 Å². The summed E-state index contributed by atoms with van der Waals surface area (Å²) in [6.45, 7) is 0. The highest BCUT2D eigenvalue weighted by molar-refractivity contribution is 9.10. The Balaban J connectivity index is 1.38. The van der Waals surface area contributed by atoms with E-state index in [1.807, 2.05) is 12.1 Å². The molecule has 1 aliphatic rings. The Kier molecular flexibility index (Phi) is 4.76. The number of carbonyl (C=O) groups excluding carboxylic acids is 3. The Labute approximate surface area is 188 Å². The van der Waals surface area contributed by atoms with E-state index in [9.17, 15) is 14.4 Å². The molecule has 0 bridgehead atoms. The van der Waals surface area contributed by atoms with Crippen LogP contribution < -0.4 is 15.5 Å². The summed E-state index contributed by atoms with van der Waals surface area (Å²) in [5.41, 5.74) is 2.60. The first-order chi connectivity index (χ1) is 15.0. The molecule has 3 aromatic carbocycles. The molecule has 31 heavy (non-hydrogen) atoms. The number of halogens is 1. The zero-order chi connectivity index (χ0) is 21.5. The second-order valence-corrected chi connectivity index (χ2v) is 8.68. The maximum absolute atomic E-state index is 12.7. The first kappa shape index (κ1) is 19.4. The van der Waals surface area contributed by atoms with Gasteiger partial charge in [-0.3, -0.25) is 9.59 Å². The third-order valence-corrected chi connectivity index (χ3v) is 6.20. The number of imide groups is 1. The second kappa shape index (κ2) is 7.60. The lowest BCUT2D eigenvalue weighted by Gasteiger charge is -2.08. The van der Waals surface area contributed by atoms with Crippen LogP contribution in [0.1, 0.15) is 20.7 Å². The van der Waals surface area contributed by atoms with Gasteiger partial charge in [-0.25, -0.2) is 14.7 Å². The summed E-state index contributed by atoms with van der Waals surface area (Å²) >= 11 is 4.58. The maximum Gasteiger partial charge on any atom is 0.323 e. The lowest BCUT2D eigenvalue weighted by Crippen LogP contribution is -2.29. The van der Waals surface area contributed by atoms with Crippen LogP contribution in [0, 0.1) is 0 Å². The first-order valence-corrected chi connectivity index (χ1v) is 10.8. The van der Waals surface area contributed by atoms with E-state index in [0.29, 0.717) is 33.1 Å². The van der Waals surface area contributed by atoms with E-state index in [-0.39, 0.29) is 17.8 Å². The SMILES string of the molecule is O=C(Nc1cccc(Br)c1)Nc1ccc2nc(N3C(=O)c4ccccc4C3=O)sc2c1. The number of hydrogen-bond acceptors (Lipinski definition) is 5. The summed E-state index contributed by atoms with van der Waals surface area (Å²) in [6, 6.07) is 18.8. The number of rotatable bonds is 3. The Hall–Kier alpha value is -3.56. The van der Waals surface area contributed by atoms with Crippen LogP contribution >= 0.6 is 27.3 Å². The highest BCUT2D eigenvalue weighted by Gasteiger charge is 2.38. The van der Waals surface area contributed by atoms with Gasteiger partial charge >= 0.3 is 6.03 Å². The van der Waals surface area contributed by atoms with Crippen LogP contribution in [-0.2, 0) is 0 Å². The average molecular weight is 493 g/mol. The first-order valence-electron chi connectivity index (χ1n) is 9.21. The van der Waals surface area contributed by atoms with Crippen molar-refractivity contribution in [3.63, 3.8) is 0 Å². The van der Waals surface area contributed by atoms with E-state index in [1.165, 1.54) is 11.3 Å². The summed E-state index contributed by atoms with van der Waals surface area (Å²) < 4.78 is 1.60. The molecule has 0 unspecified atom stereocenters. The molecule has 0 saturated carbocycles. The topological polar surface area (TPSA) is 91.4 Å². The van der Waals surface area contributed by atoms with E-state index in [4.69, 9.17) is 0 Å². The molecule has 0 saturated heterocycles. The van der Waals surface area contributed by atoms with E-state index < -0.39 is 0 Å². The third-order valence-electron chi connectivity index (χ3n) is 4.70. The van der Waals surface area contributed by atoms with Gasteiger partial charge in [0.25, 0.3) is 11.8 Å². The lowest BCUT2D eigenvalue weighted by atomic mass is 10.1. The number of hydrogen-bond donors (Lipinski definition) is 2. The number of aromatic nitrogens is 1. The van der Waals surface area contributed by atoms with Crippen LogP contribution in [0.5, 0.6) is 0 Å². The number of nitrogens with zero attached hydrogens (tertiary/aromatic N) is 2. The van der Waals surface area contributed by atoms with Crippen molar-refractivity contribution < 1.29 is 14.4 Å². The van der Waals surface area contributed by atoms with E-state index in [1.54, 1.807) is 54.6 Å². The van der Waals surface area contributed by atoms with Crippen molar-refractivity contribution in [3.05, 3.63) is 82.3 Å². The van der Waals surface area contributed by atoms with Gasteiger partial charge in [-0.2, -0.15) is 0 Å². The van der Waals surface area contributed by atoms with Gasteiger partial charge in [-0.1, -0.05) is 45.5 Å². The molecule has 152 valence electrons. The van der Waals surface area contributed by atoms with Gasteiger partial charge in [0.1, 0.15) is 0 Å². The van der Waals surface area contributed by atoms with Gasteiger partial charge in [0, 0.05) is 15.8 Å². The second-order valence-electron chi connectivity index (χ2n) is 6.76. The molecule has 0 radical (unpaired) electrons. The number of urea groups is 1. The fourth-order valence-electron chi connectivity index (χ4n) is 3.31. The van der Waals surface area contributed by atoms with Crippen molar-refractivity contribution in [1.82, 2.24) is 4.98 Å². The molecule has 2 N–H and O–H groups in total. The number of benzene rings is 3. The number of carbonyl (C=O) groups is 3. The minimum atomic E-state index is -0.387. The summed E-state index contributed by atoms with van der Waals surface area (Å²) in [4.78, 5) is 43.2. The van der Waals surface area contributed by atoms with Gasteiger partial charge in [-0.15, -0.1) is 0 Å². The Morgan fingerprint density at radius 3 is 2.23 bits per heavy atom. The molecule has 5 rings (SSSR count). The molecule has 0 fully saturated rings. The molecule has 1 aromatic heterocycles. The Morgan fingerprint density at radius 1 is 0.871 bits per heavy atom. The fraction of sp³-hybridized carbons (Fsp3) is 0. The van der Waals surface area contributed by atoms with Crippen molar-refractivity contribution in [2.75, 3.05) is 15.5 Å². The normalized spacial score (nSPS) is 12.9. The molecular formula is C22H13BrN4O3S. The minimum Gasteiger partial charge on any atom is -0.308 e. The smallest absolute Gasteiger partial charge is 0.308 e. The molecule has 4 aromatic rings. The fourth-order valence-corrected chi connectivity index (χ4v) is 4.71. The maximum atomic E-state index is 12.7. The molecule has 7 nitrogen and oxygen atoms in total. The largest absolute Gasteiger partial charge is 0.323 e. The van der Waals surface area contributed by atoms with Gasteiger partial charge in [0.15, 0.2) is 0 Å². The van der Waals surface area contributed by atoms with Crippen molar-refractivity contribution in [1.29, 1.82) is 0 Å². The summed E-state index contributed by atoms with van der Waals surface area (Å²) in [6.07, 6.45) is 0. The molecule has 9 heteroatoms. The quantitative estimate of drug-likeness (QED) is 0.369. The van der Waals surface area contributed by atoms with Crippen molar-refractivity contribution >= 4 is 71.8 Å². The summed E-state index contributed by atoms with van der Waals surface area (Å²) in [5, 5.41) is 5.84. The number of anilines is 3. The number of fused-ring (bicyclic) bond motifs is 2. The molecule has 0 aliphatic carbocycles. The number of amides is 4. The van der Waals surface area contributed by atoms with Gasteiger partial charge in [0.2, 0.25) is 5.13 Å². The number of thiazole rings is 1. The molecule has 4 amide bonds. The number of nitrogens with one attached hydrogen (secondary N) is 2. The Morgan fingerprint density at radius 2 is 1.55 bits per heavy atom. The molecule has 0 atom stereocenters. The van der Waals surface area contributed by atoms with Gasteiger partial charge in [-0.05, 0) is 48.5 Å². The predicted octanol–water partition coefficient (Wildman–Crippen LogP) is 5.50. The molecule has 0 spiro atoms. The minimum absolute atomic E-state index is 0.303. The highest BCUT2D eigenvalue weighted by atomic mass is 79.9. The van der Waals surface area contributed by atoms with E-state index in [0.717, 1.165) is 14.1 Å². The molecule has 2 heterocycles. The van der Waals surface area contributed by atoms with Crippen LogP contribution in [0.3, 0.4) is 0 Å². The van der Waals surface area contributed by atoms with Crippen molar-refractivity contribution in [3.8, 4) is 0 Å².